The van der Waals surface area contributed by atoms with Crippen LogP contribution in [0.25, 0.3) is 0 Å². The molecule has 2 atom stereocenters. The predicted octanol–water partition coefficient (Wildman–Crippen LogP) is 2.22. The summed E-state index contributed by atoms with van der Waals surface area (Å²) in [5.41, 5.74) is 0. The number of rotatable bonds is 5. The lowest BCUT2D eigenvalue weighted by atomic mass is 9.82. The Morgan fingerprint density at radius 1 is 1.14 bits per heavy atom. The zero-order valence-corrected chi connectivity index (χ0v) is 16.3. The molecule has 0 aromatic carbocycles. The number of nitrogens with zero attached hydrogens (tertiary/aromatic N) is 2. The van der Waals surface area contributed by atoms with Crippen LogP contribution >= 0.6 is 24.0 Å². The first-order valence-electron chi connectivity index (χ1n) is 8.54. The van der Waals surface area contributed by atoms with E-state index in [0.717, 1.165) is 50.4 Å². The van der Waals surface area contributed by atoms with Crippen LogP contribution < -0.4 is 10.6 Å². The standard InChI is InChI=1S/C16H30N4O.HI/c1-3-9-18-15(21)10-19-16(17-4-2)20-11-13-7-5-6-8-14(13)12-20;/h13-14H,3-12H2,1-2H3,(H,17,19)(H,18,21);1H. The molecule has 2 unspecified atom stereocenters. The largest absolute Gasteiger partial charge is 0.357 e. The Morgan fingerprint density at radius 2 is 1.77 bits per heavy atom. The number of hydrogen-bond acceptors (Lipinski definition) is 2. The van der Waals surface area contributed by atoms with Crippen LogP contribution in [0.15, 0.2) is 4.99 Å². The van der Waals surface area contributed by atoms with E-state index >= 15 is 0 Å². The molecule has 5 nitrogen and oxygen atoms in total. The van der Waals surface area contributed by atoms with Crippen molar-refractivity contribution in [2.75, 3.05) is 32.7 Å². The molecular weight excluding hydrogens is 391 g/mol. The van der Waals surface area contributed by atoms with Crippen LogP contribution in [0.2, 0.25) is 0 Å². The van der Waals surface area contributed by atoms with Gasteiger partial charge < -0.3 is 15.5 Å². The van der Waals surface area contributed by atoms with Crippen LogP contribution in [0.5, 0.6) is 0 Å². The number of carbonyl (C=O) groups is 1. The van der Waals surface area contributed by atoms with Gasteiger partial charge in [-0.05, 0) is 38.0 Å². The van der Waals surface area contributed by atoms with Gasteiger partial charge in [0.25, 0.3) is 0 Å². The fourth-order valence-electron chi connectivity index (χ4n) is 3.47. The second-order valence-corrected chi connectivity index (χ2v) is 6.23. The van der Waals surface area contributed by atoms with Gasteiger partial charge in [0.1, 0.15) is 6.54 Å². The molecule has 22 heavy (non-hydrogen) atoms. The van der Waals surface area contributed by atoms with Crippen LogP contribution in [-0.4, -0.2) is 49.5 Å². The van der Waals surface area contributed by atoms with Crippen molar-refractivity contribution in [3.63, 3.8) is 0 Å². The van der Waals surface area contributed by atoms with Crippen molar-refractivity contribution >= 4 is 35.8 Å². The molecule has 1 aliphatic heterocycles. The maximum absolute atomic E-state index is 11.7. The molecule has 0 aromatic rings. The maximum atomic E-state index is 11.7. The normalized spacial score (nSPS) is 24.5. The van der Waals surface area contributed by atoms with E-state index in [1.807, 2.05) is 0 Å². The Labute approximate surface area is 151 Å². The number of nitrogens with one attached hydrogen (secondary N) is 2. The van der Waals surface area contributed by atoms with Gasteiger partial charge in [0, 0.05) is 26.2 Å². The molecule has 2 rings (SSSR count). The average molecular weight is 422 g/mol. The molecule has 1 heterocycles. The fraction of sp³-hybridized carbons (Fsp3) is 0.875. The molecule has 2 fully saturated rings. The average Bonchev–Trinajstić information content (AvgIpc) is 2.93. The Balaban J connectivity index is 0.00000242. The quantitative estimate of drug-likeness (QED) is 0.406. The molecule has 0 radical (unpaired) electrons. The van der Waals surface area contributed by atoms with Crippen LogP contribution in [-0.2, 0) is 4.79 Å². The van der Waals surface area contributed by atoms with Crippen LogP contribution in [0.3, 0.4) is 0 Å². The summed E-state index contributed by atoms with van der Waals surface area (Å²) in [4.78, 5) is 18.6. The summed E-state index contributed by atoms with van der Waals surface area (Å²) in [6, 6.07) is 0. The molecule has 1 saturated carbocycles. The molecule has 0 bridgehead atoms. The Kier molecular flexibility index (Phi) is 9.12. The minimum atomic E-state index is 0. The molecular formula is C16H31IN4O. The summed E-state index contributed by atoms with van der Waals surface area (Å²) >= 11 is 0. The van der Waals surface area contributed by atoms with Crippen molar-refractivity contribution in [3.8, 4) is 0 Å². The number of likely N-dealkylation sites (tertiary alicyclic amines) is 1. The van der Waals surface area contributed by atoms with Gasteiger partial charge in [0.15, 0.2) is 5.96 Å². The SMILES string of the molecule is CCCNC(=O)CN=C(NCC)N1CC2CCCCC2C1.I. The Bertz CT molecular complexity index is 361. The highest BCUT2D eigenvalue weighted by atomic mass is 127. The lowest BCUT2D eigenvalue weighted by Gasteiger charge is -2.22. The first-order valence-corrected chi connectivity index (χ1v) is 8.54. The summed E-state index contributed by atoms with van der Waals surface area (Å²) in [5.74, 6) is 2.59. The highest BCUT2D eigenvalue weighted by molar-refractivity contribution is 14.0. The van der Waals surface area contributed by atoms with E-state index in [0.29, 0.717) is 0 Å². The number of amides is 1. The summed E-state index contributed by atoms with van der Waals surface area (Å²) in [6.45, 7) is 8.16. The van der Waals surface area contributed by atoms with Crippen molar-refractivity contribution in [3.05, 3.63) is 0 Å². The predicted molar refractivity (Wildman–Crippen MR) is 102 cm³/mol. The van der Waals surface area contributed by atoms with E-state index in [-0.39, 0.29) is 36.4 Å². The minimum Gasteiger partial charge on any atom is -0.357 e. The zero-order chi connectivity index (χ0) is 15.1. The minimum absolute atomic E-state index is 0. The van der Waals surface area contributed by atoms with Crippen molar-refractivity contribution in [1.82, 2.24) is 15.5 Å². The summed E-state index contributed by atoms with van der Waals surface area (Å²) < 4.78 is 0. The first-order chi connectivity index (χ1) is 10.2. The fourth-order valence-corrected chi connectivity index (χ4v) is 3.47. The van der Waals surface area contributed by atoms with E-state index in [1.165, 1.54) is 25.7 Å². The third-order valence-corrected chi connectivity index (χ3v) is 4.56. The lowest BCUT2D eigenvalue weighted by Crippen LogP contribution is -2.41. The van der Waals surface area contributed by atoms with E-state index in [9.17, 15) is 4.79 Å². The second kappa shape index (κ2) is 10.3. The van der Waals surface area contributed by atoms with Crippen molar-refractivity contribution in [2.24, 2.45) is 16.8 Å². The van der Waals surface area contributed by atoms with Gasteiger partial charge in [0.2, 0.25) is 5.91 Å². The lowest BCUT2D eigenvalue weighted by molar-refractivity contribution is -0.119. The van der Waals surface area contributed by atoms with Crippen molar-refractivity contribution in [2.45, 2.75) is 46.0 Å². The van der Waals surface area contributed by atoms with Gasteiger partial charge >= 0.3 is 0 Å². The van der Waals surface area contributed by atoms with Crippen LogP contribution in [0.4, 0.5) is 0 Å². The first kappa shape index (κ1) is 19.5. The Morgan fingerprint density at radius 3 is 2.32 bits per heavy atom. The zero-order valence-electron chi connectivity index (χ0n) is 13.9. The van der Waals surface area contributed by atoms with Gasteiger partial charge in [-0.1, -0.05) is 19.8 Å². The van der Waals surface area contributed by atoms with Gasteiger partial charge in [0.05, 0.1) is 0 Å². The van der Waals surface area contributed by atoms with E-state index in [1.54, 1.807) is 0 Å². The number of hydrogen-bond donors (Lipinski definition) is 2. The molecule has 1 aliphatic carbocycles. The summed E-state index contributed by atoms with van der Waals surface area (Å²) in [5, 5.41) is 6.22. The maximum Gasteiger partial charge on any atom is 0.241 e. The summed E-state index contributed by atoms with van der Waals surface area (Å²) in [6.07, 6.45) is 6.43. The van der Waals surface area contributed by atoms with Gasteiger partial charge in [-0.25, -0.2) is 4.99 Å². The van der Waals surface area contributed by atoms with E-state index < -0.39 is 0 Å². The highest BCUT2D eigenvalue weighted by Crippen LogP contribution is 2.35. The third kappa shape index (κ3) is 5.59. The van der Waals surface area contributed by atoms with E-state index in [2.05, 4.69) is 34.4 Å². The van der Waals surface area contributed by atoms with Crippen molar-refractivity contribution in [1.29, 1.82) is 0 Å². The van der Waals surface area contributed by atoms with Crippen LogP contribution in [0.1, 0.15) is 46.0 Å². The van der Waals surface area contributed by atoms with E-state index in [4.69, 9.17) is 0 Å². The smallest absolute Gasteiger partial charge is 0.241 e. The summed E-state index contributed by atoms with van der Waals surface area (Å²) in [7, 11) is 0. The molecule has 128 valence electrons. The monoisotopic (exact) mass is 422 g/mol. The van der Waals surface area contributed by atoms with Crippen LogP contribution in [0, 0.1) is 11.8 Å². The Hall–Kier alpha value is -0.530. The van der Waals surface area contributed by atoms with Gasteiger partial charge in [-0.2, -0.15) is 0 Å². The molecule has 0 aromatic heterocycles. The molecule has 0 spiro atoms. The second-order valence-electron chi connectivity index (χ2n) is 6.23. The number of guanidine groups is 1. The number of aliphatic imine (C=N–C) groups is 1. The number of halogens is 1. The van der Waals surface area contributed by atoms with Gasteiger partial charge in [-0.15, -0.1) is 24.0 Å². The number of fused-ring (bicyclic) bond motifs is 1. The number of carbonyl (C=O) groups excluding carboxylic acids is 1. The topological polar surface area (TPSA) is 56.7 Å². The third-order valence-electron chi connectivity index (χ3n) is 4.56. The molecule has 2 N–H and O–H groups in total. The highest BCUT2D eigenvalue weighted by Gasteiger charge is 2.35. The van der Waals surface area contributed by atoms with Gasteiger partial charge in [-0.3, -0.25) is 4.79 Å². The molecule has 2 aliphatic rings. The van der Waals surface area contributed by atoms with Crippen molar-refractivity contribution < 1.29 is 4.79 Å². The molecule has 1 saturated heterocycles. The molecule has 6 heteroatoms. The molecule has 1 amide bonds.